The summed E-state index contributed by atoms with van der Waals surface area (Å²) in [6, 6.07) is 6.63. The van der Waals surface area contributed by atoms with Crippen molar-refractivity contribution in [3.8, 4) is 0 Å². The van der Waals surface area contributed by atoms with Gasteiger partial charge in [0.05, 0.1) is 10.6 Å². The first-order chi connectivity index (χ1) is 11.3. The summed E-state index contributed by atoms with van der Waals surface area (Å²) in [7, 11) is -7.09. The van der Waals surface area contributed by atoms with Gasteiger partial charge in [-0.1, -0.05) is 31.9 Å². The Kier molecular flexibility index (Phi) is 6.79. The van der Waals surface area contributed by atoms with Crippen molar-refractivity contribution in [2.45, 2.75) is 43.9 Å². The molecule has 136 valence electrons. The van der Waals surface area contributed by atoms with Crippen LogP contribution in [0, 0.1) is 0 Å². The van der Waals surface area contributed by atoms with E-state index >= 15 is 0 Å². The minimum atomic E-state index is -3.68. The van der Waals surface area contributed by atoms with E-state index in [4.69, 9.17) is 0 Å². The van der Waals surface area contributed by atoms with Gasteiger partial charge in [-0.25, -0.2) is 25.9 Å². The van der Waals surface area contributed by atoms with Crippen LogP contribution in [-0.2, 0) is 26.5 Å². The van der Waals surface area contributed by atoms with Crippen LogP contribution >= 0.6 is 0 Å². The second kappa shape index (κ2) is 8.42. The second-order valence-corrected chi connectivity index (χ2v) is 9.88. The molecule has 2 rings (SSSR count). The van der Waals surface area contributed by atoms with Crippen LogP contribution in [0.1, 0.15) is 38.2 Å². The molecule has 1 saturated heterocycles. The molecule has 0 bridgehead atoms. The molecule has 1 heterocycles. The summed E-state index contributed by atoms with van der Waals surface area (Å²) in [4.78, 5) is 0.159. The number of aryl methyl sites for hydroxylation is 1. The fraction of sp³-hybridized carbons (Fsp3) is 0.625. The third kappa shape index (κ3) is 5.27. The summed E-state index contributed by atoms with van der Waals surface area (Å²) in [5.41, 5.74) is 1.05. The number of nitrogens with one attached hydrogen (secondary N) is 1. The van der Waals surface area contributed by atoms with Gasteiger partial charge in [-0.3, -0.25) is 0 Å². The first kappa shape index (κ1) is 19.4. The standard InChI is InChI=1S/C16H26N2O4S2/c1-2-15-7-9-16(10-8-15)24(21,22)17-11-14-23(19,20)18-12-5-3-4-6-13-18/h7-10,17H,2-6,11-14H2,1H3. The van der Waals surface area contributed by atoms with Crippen LogP contribution in [0.4, 0.5) is 0 Å². The van der Waals surface area contributed by atoms with Gasteiger partial charge in [-0.15, -0.1) is 0 Å². The first-order valence-corrected chi connectivity index (χ1v) is 11.5. The summed E-state index contributed by atoms with van der Waals surface area (Å²) >= 11 is 0. The smallest absolute Gasteiger partial charge is 0.212 e. The molecular formula is C16H26N2O4S2. The van der Waals surface area contributed by atoms with Gasteiger partial charge in [0.2, 0.25) is 20.0 Å². The van der Waals surface area contributed by atoms with Crippen molar-refractivity contribution in [1.29, 1.82) is 0 Å². The summed E-state index contributed by atoms with van der Waals surface area (Å²) in [5, 5.41) is 0. The molecule has 0 aromatic heterocycles. The number of hydrogen-bond acceptors (Lipinski definition) is 4. The zero-order valence-corrected chi connectivity index (χ0v) is 15.7. The fourth-order valence-electron chi connectivity index (χ4n) is 2.74. The number of nitrogens with zero attached hydrogens (tertiary/aromatic N) is 1. The monoisotopic (exact) mass is 374 g/mol. The fourth-order valence-corrected chi connectivity index (χ4v) is 5.34. The molecule has 0 aliphatic carbocycles. The molecule has 1 aliphatic rings. The van der Waals surface area contributed by atoms with Crippen molar-refractivity contribution in [3.63, 3.8) is 0 Å². The van der Waals surface area contributed by atoms with Crippen LogP contribution < -0.4 is 4.72 Å². The lowest BCUT2D eigenvalue weighted by atomic mass is 10.2. The predicted molar refractivity (Wildman–Crippen MR) is 94.8 cm³/mol. The maximum atomic E-state index is 12.3. The Hall–Kier alpha value is -0.960. The van der Waals surface area contributed by atoms with Gasteiger partial charge in [0.15, 0.2) is 0 Å². The van der Waals surface area contributed by atoms with Crippen molar-refractivity contribution in [1.82, 2.24) is 9.03 Å². The van der Waals surface area contributed by atoms with E-state index in [1.165, 1.54) is 4.31 Å². The van der Waals surface area contributed by atoms with Gasteiger partial charge in [-0.2, -0.15) is 0 Å². The Labute approximate surface area is 145 Å². The molecule has 0 atom stereocenters. The average Bonchev–Trinajstić information content (AvgIpc) is 2.84. The van der Waals surface area contributed by atoms with Gasteiger partial charge in [0.1, 0.15) is 0 Å². The molecule has 0 spiro atoms. The first-order valence-electron chi connectivity index (χ1n) is 8.41. The second-order valence-electron chi connectivity index (χ2n) is 6.02. The van der Waals surface area contributed by atoms with Crippen LogP contribution in [0.2, 0.25) is 0 Å². The molecule has 24 heavy (non-hydrogen) atoms. The normalized spacial score (nSPS) is 17.5. The van der Waals surface area contributed by atoms with Gasteiger partial charge in [0, 0.05) is 19.6 Å². The largest absolute Gasteiger partial charge is 0.240 e. The highest BCUT2D eigenvalue weighted by Crippen LogP contribution is 2.14. The zero-order valence-electron chi connectivity index (χ0n) is 14.1. The van der Waals surface area contributed by atoms with Crippen LogP contribution in [0.5, 0.6) is 0 Å². The minimum Gasteiger partial charge on any atom is -0.212 e. The molecule has 0 amide bonds. The molecule has 1 aromatic rings. The molecule has 1 aliphatic heterocycles. The summed E-state index contributed by atoms with van der Waals surface area (Å²) in [5.74, 6) is -0.209. The Morgan fingerprint density at radius 2 is 1.54 bits per heavy atom. The van der Waals surface area contributed by atoms with Crippen molar-refractivity contribution < 1.29 is 16.8 Å². The van der Waals surface area contributed by atoms with Gasteiger partial charge >= 0.3 is 0 Å². The minimum absolute atomic E-state index is 0.114. The predicted octanol–water partition coefficient (Wildman–Crippen LogP) is 1.73. The third-order valence-corrected chi connectivity index (χ3v) is 7.60. The van der Waals surface area contributed by atoms with Crippen molar-refractivity contribution in [2.24, 2.45) is 0 Å². The number of sulfonamides is 2. The molecule has 1 aromatic carbocycles. The van der Waals surface area contributed by atoms with Crippen molar-refractivity contribution in [3.05, 3.63) is 29.8 Å². The lowest BCUT2D eigenvalue weighted by Gasteiger charge is -2.19. The third-order valence-electron chi connectivity index (χ3n) is 4.25. The molecule has 8 heteroatoms. The van der Waals surface area contributed by atoms with Crippen LogP contribution in [0.15, 0.2) is 29.2 Å². The van der Waals surface area contributed by atoms with Crippen molar-refractivity contribution in [2.75, 3.05) is 25.4 Å². The van der Waals surface area contributed by atoms with E-state index in [1.807, 2.05) is 6.92 Å². The van der Waals surface area contributed by atoms with E-state index < -0.39 is 20.0 Å². The summed E-state index contributed by atoms with van der Waals surface area (Å²) in [6.45, 7) is 2.95. The Balaban J connectivity index is 1.93. The molecule has 1 fully saturated rings. The highest BCUT2D eigenvalue weighted by Gasteiger charge is 2.23. The Morgan fingerprint density at radius 3 is 2.08 bits per heavy atom. The van der Waals surface area contributed by atoms with Crippen LogP contribution in [0.25, 0.3) is 0 Å². The zero-order chi connectivity index (χ0) is 17.6. The average molecular weight is 375 g/mol. The lowest BCUT2D eigenvalue weighted by molar-refractivity contribution is 0.423. The highest BCUT2D eigenvalue weighted by molar-refractivity contribution is 7.90. The maximum Gasteiger partial charge on any atom is 0.240 e. The molecule has 0 saturated carbocycles. The van der Waals surface area contributed by atoms with Crippen molar-refractivity contribution >= 4 is 20.0 Å². The number of benzene rings is 1. The van der Waals surface area contributed by atoms with E-state index in [1.54, 1.807) is 24.3 Å². The SMILES string of the molecule is CCc1ccc(S(=O)(=O)NCCS(=O)(=O)N2CCCCCC2)cc1. The number of rotatable bonds is 7. The van der Waals surface area contributed by atoms with Gasteiger partial charge in [-0.05, 0) is 37.0 Å². The highest BCUT2D eigenvalue weighted by atomic mass is 32.2. The Bertz CT molecular complexity index is 720. The Morgan fingerprint density at radius 1 is 0.958 bits per heavy atom. The molecule has 0 radical (unpaired) electrons. The quantitative estimate of drug-likeness (QED) is 0.788. The number of hydrogen-bond donors (Lipinski definition) is 1. The van der Waals surface area contributed by atoms with Crippen LogP contribution in [-0.4, -0.2) is 46.5 Å². The van der Waals surface area contributed by atoms with E-state index in [-0.39, 0.29) is 17.2 Å². The van der Waals surface area contributed by atoms with Gasteiger partial charge < -0.3 is 0 Å². The summed E-state index contributed by atoms with van der Waals surface area (Å²) in [6.07, 6.45) is 4.67. The van der Waals surface area contributed by atoms with E-state index in [0.717, 1.165) is 37.7 Å². The molecular weight excluding hydrogens is 348 g/mol. The van der Waals surface area contributed by atoms with Crippen LogP contribution in [0.3, 0.4) is 0 Å². The summed E-state index contributed by atoms with van der Waals surface area (Å²) < 4.78 is 53.0. The topological polar surface area (TPSA) is 83.5 Å². The molecule has 1 N–H and O–H groups in total. The molecule has 6 nitrogen and oxygen atoms in total. The van der Waals surface area contributed by atoms with E-state index in [9.17, 15) is 16.8 Å². The van der Waals surface area contributed by atoms with Gasteiger partial charge in [0.25, 0.3) is 0 Å². The lowest BCUT2D eigenvalue weighted by Crippen LogP contribution is -2.38. The molecule has 0 unspecified atom stereocenters. The maximum absolute atomic E-state index is 12.3. The van der Waals surface area contributed by atoms with E-state index in [2.05, 4.69) is 4.72 Å². The van der Waals surface area contributed by atoms with E-state index in [0.29, 0.717) is 13.1 Å².